The zero-order valence-electron chi connectivity index (χ0n) is 19.2. The van der Waals surface area contributed by atoms with Crippen LogP contribution >= 0.6 is 38.9 Å². The van der Waals surface area contributed by atoms with E-state index in [-0.39, 0.29) is 11.5 Å². The minimum atomic E-state index is -0.429. The van der Waals surface area contributed by atoms with Crippen LogP contribution in [0.2, 0.25) is 4.34 Å². The molecule has 0 atom stereocenters. The van der Waals surface area contributed by atoms with Crippen molar-refractivity contribution >= 4 is 45.0 Å². The van der Waals surface area contributed by atoms with Crippen molar-refractivity contribution in [3.63, 3.8) is 0 Å². The van der Waals surface area contributed by atoms with Gasteiger partial charge in [0.1, 0.15) is 15.6 Å². The van der Waals surface area contributed by atoms with Gasteiger partial charge in [-0.3, -0.25) is 0 Å². The van der Waals surface area contributed by atoms with E-state index in [1.54, 1.807) is 11.3 Å². The highest BCUT2D eigenvalue weighted by Gasteiger charge is 2.30. The molecule has 1 aromatic heterocycles. The monoisotopic (exact) mass is 526 g/mol. The molecule has 0 bridgehead atoms. The lowest BCUT2D eigenvalue weighted by Crippen LogP contribution is -2.42. The van der Waals surface area contributed by atoms with Crippen LogP contribution in [0.1, 0.15) is 77.3 Å². The Bertz CT molecular complexity index is 944. The predicted molar refractivity (Wildman–Crippen MR) is 133 cm³/mol. The van der Waals surface area contributed by atoms with E-state index in [9.17, 15) is 4.79 Å². The SMILES string of the molecule is CCC(C)(C)OC(=O)N1CCC(c2nc(-c3cc(Br)cc(C(C)(C)C)c3)c(Cl)s2)CC1. The predicted octanol–water partition coefficient (Wildman–Crippen LogP) is 8.03. The summed E-state index contributed by atoms with van der Waals surface area (Å²) in [5.41, 5.74) is 2.73. The summed E-state index contributed by atoms with van der Waals surface area (Å²) in [6.45, 7) is 13.9. The third kappa shape index (κ3) is 6.02. The molecular weight excluding hydrogens is 496 g/mol. The Balaban J connectivity index is 1.73. The number of likely N-dealkylation sites (tertiary alicyclic amines) is 1. The minimum absolute atomic E-state index is 0.0393. The second-order valence-electron chi connectivity index (χ2n) is 9.90. The van der Waals surface area contributed by atoms with Crippen molar-refractivity contribution in [2.75, 3.05) is 13.1 Å². The zero-order chi connectivity index (χ0) is 23.0. The maximum absolute atomic E-state index is 12.5. The van der Waals surface area contributed by atoms with Gasteiger partial charge in [-0.05, 0) is 62.3 Å². The van der Waals surface area contributed by atoms with Crippen LogP contribution in [0.5, 0.6) is 0 Å². The number of rotatable bonds is 4. The Hall–Kier alpha value is -1.11. The first kappa shape index (κ1) is 24.5. The molecule has 0 saturated carbocycles. The van der Waals surface area contributed by atoms with E-state index in [0.717, 1.165) is 44.3 Å². The van der Waals surface area contributed by atoms with Crippen LogP contribution in [0, 0.1) is 0 Å². The Morgan fingerprint density at radius 1 is 1.23 bits per heavy atom. The highest BCUT2D eigenvalue weighted by atomic mass is 79.9. The Morgan fingerprint density at radius 3 is 2.45 bits per heavy atom. The first-order chi connectivity index (χ1) is 14.4. The molecule has 2 aromatic rings. The molecule has 1 amide bonds. The third-order valence-electron chi connectivity index (χ3n) is 5.96. The van der Waals surface area contributed by atoms with Crippen LogP contribution in [-0.4, -0.2) is 34.7 Å². The Labute approximate surface area is 203 Å². The van der Waals surface area contributed by atoms with Gasteiger partial charge in [0.2, 0.25) is 0 Å². The summed E-state index contributed by atoms with van der Waals surface area (Å²) in [4.78, 5) is 19.2. The molecule has 4 nitrogen and oxygen atoms in total. The summed E-state index contributed by atoms with van der Waals surface area (Å²) in [5.74, 6) is 0.314. The van der Waals surface area contributed by atoms with Crippen molar-refractivity contribution in [1.29, 1.82) is 0 Å². The van der Waals surface area contributed by atoms with Gasteiger partial charge < -0.3 is 9.64 Å². The number of amides is 1. The number of nitrogens with zero attached hydrogens (tertiary/aromatic N) is 2. The zero-order valence-corrected chi connectivity index (χ0v) is 22.4. The highest BCUT2D eigenvalue weighted by molar-refractivity contribution is 9.10. The summed E-state index contributed by atoms with van der Waals surface area (Å²) in [6.07, 6.45) is 2.32. The van der Waals surface area contributed by atoms with Gasteiger partial charge in [0.25, 0.3) is 0 Å². The molecule has 170 valence electrons. The van der Waals surface area contributed by atoms with Crippen LogP contribution < -0.4 is 0 Å². The average Bonchev–Trinajstić information content (AvgIpc) is 3.08. The fraction of sp³-hybridized carbons (Fsp3) is 0.583. The first-order valence-corrected chi connectivity index (χ1v) is 12.8. The summed E-state index contributed by atoms with van der Waals surface area (Å²) in [6, 6.07) is 6.41. The summed E-state index contributed by atoms with van der Waals surface area (Å²) >= 11 is 11.8. The van der Waals surface area contributed by atoms with E-state index in [2.05, 4.69) is 54.9 Å². The van der Waals surface area contributed by atoms with Gasteiger partial charge in [0, 0.05) is 29.0 Å². The molecular formula is C24H32BrClN2O2S. The second kappa shape index (κ2) is 9.40. The normalized spacial score (nSPS) is 15.9. The number of benzene rings is 1. The van der Waals surface area contributed by atoms with E-state index in [1.807, 2.05) is 25.7 Å². The van der Waals surface area contributed by atoms with E-state index >= 15 is 0 Å². The van der Waals surface area contributed by atoms with Gasteiger partial charge in [-0.15, -0.1) is 11.3 Å². The molecule has 7 heteroatoms. The van der Waals surface area contributed by atoms with Gasteiger partial charge in [0.15, 0.2) is 0 Å². The molecule has 3 rings (SSSR count). The van der Waals surface area contributed by atoms with Gasteiger partial charge >= 0.3 is 6.09 Å². The Morgan fingerprint density at radius 2 is 1.87 bits per heavy atom. The average molecular weight is 528 g/mol. The van der Waals surface area contributed by atoms with Crippen molar-refractivity contribution in [2.45, 2.75) is 77.7 Å². The maximum atomic E-state index is 12.5. The number of piperidine rings is 1. The molecule has 1 aliphatic heterocycles. The topological polar surface area (TPSA) is 42.4 Å². The maximum Gasteiger partial charge on any atom is 0.410 e. The minimum Gasteiger partial charge on any atom is -0.443 e. The molecule has 1 fully saturated rings. The van der Waals surface area contributed by atoms with Crippen molar-refractivity contribution in [2.24, 2.45) is 0 Å². The number of aromatic nitrogens is 1. The Kier molecular flexibility index (Phi) is 7.44. The fourth-order valence-electron chi connectivity index (χ4n) is 3.51. The van der Waals surface area contributed by atoms with Crippen LogP contribution in [0.15, 0.2) is 22.7 Å². The molecule has 1 aromatic carbocycles. The number of ether oxygens (including phenoxy) is 1. The standard InChI is InChI=1S/C24H32BrClN2O2S/c1-7-24(5,6)30-22(29)28-10-8-15(9-11-28)21-27-19(20(26)31-21)16-12-17(23(2,3)4)14-18(25)13-16/h12-15H,7-11H2,1-6H3. The quantitative estimate of drug-likeness (QED) is 0.404. The molecule has 0 spiro atoms. The number of thiazole rings is 1. The lowest BCUT2D eigenvalue weighted by atomic mass is 9.86. The largest absolute Gasteiger partial charge is 0.443 e. The lowest BCUT2D eigenvalue weighted by molar-refractivity contribution is 0.00750. The smallest absolute Gasteiger partial charge is 0.410 e. The molecule has 0 aliphatic carbocycles. The fourth-order valence-corrected chi connectivity index (χ4v) is 5.38. The molecule has 2 heterocycles. The van der Waals surface area contributed by atoms with Crippen molar-refractivity contribution < 1.29 is 9.53 Å². The van der Waals surface area contributed by atoms with E-state index in [4.69, 9.17) is 21.3 Å². The number of hydrogen-bond donors (Lipinski definition) is 0. The number of hydrogen-bond acceptors (Lipinski definition) is 4. The lowest BCUT2D eigenvalue weighted by Gasteiger charge is -2.33. The number of carbonyl (C=O) groups is 1. The van der Waals surface area contributed by atoms with E-state index in [0.29, 0.717) is 19.0 Å². The molecule has 0 N–H and O–H groups in total. The molecule has 0 radical (unpaired) electrons. The molecule has 0 unspecified atom stereocenters. The summed E-state index contributed by atoms with van der Waals surface area (Å²) in [5, 5.41) is 1.05. The summed E-state index contributed by atoms with van der Waals surface area (Å²) in [7, 11) is 0. The molecule has 1 aliphatic rings. The van der Waals surface area contributed by atoms with Crippen molar-refractivity contribution in [3.05, 3.63) is 37.6 Å². The third-order valence-corrected chi connectivity index (χ3v) is 7.83. The van der Waals surface area contributed by atoms with Gasteiger partial charge in [-0.1, -0.05) is 55.2 Å². The van der Waals surface area contributed by atoms with Crippen molar-refractivity contribution in [3.8, 4) is 11.3 Å². The summed E-state index contributed by atoms with van der Waals surface area (Å²) < 4.78 is 7.40. The number of carbonyl (C=O) groups excluding carboxylic acids is 1. The van der Waals surface area contributed by atoms with Gasteiger partial charge in [-0.25, -0.2) is 9.78 Å². The van der Waals surface area contributed by atoms with Crippen LogP contribution in [0.3, 0.4) is 0 Å². The van der Waals surface area contributed by atoms with Crippen LogP contribution in [0.25, 0.3) is 11.3 Å². The van der Waals surface area contributed by atoms with Crippen LogP contribution in [0.4, 0.5) is 4.79 Å². The first-order valence-electron chi connectivity index (χ1n) is 10.8. The molecule has 31 heavy (non-hydrogen) atoms. The van der Waals surface area contributed by atoms with Crippen LogP contribution in [-0.2, 0) is 10.2 Å². The molecule has 1 saturated heterocycles. The van der Waals surface area contributed by atoms with Gasteiger partial charge in [0.05, 0.1) is 5.01 Å². The second-order valence-corrected chi connectivity index (χ2v) is 12.4. The highest BCUT2D eigenvalue weighted by Crippen LogP contribution is 2.40. The number of halogens is 2. The van der Waals surface area contributed by atoms with Crippen molar-refractivity contribution in [1.82, 2.24) is 9.88 Å². The van der Waals surface area contributed by atoms with E-state index in [1.165, 1.54) is 5.56 Å². The van der Waals surface area contributed by atoms with Gasteiger partial charge in [-0.2, -0.15) is 0 Å². The van der Waals surface area contributed by atoms with E-state index < -0.39 is 5.60 Å².